The van der Waals surface area contributed by atoms with Crippen LogP contribution in [0.2, 0.25) is 0 Å². The van der Waals surface area contributed by atoms with Gasteiger partial charge in [-0.1, -0.05) is 20.3 Å². The van der Waals surface area contributed by atoms with Crippen LogP contribution < -0.4 is 10.2 Å². The van der Waals surface area contributed by atoms with Crippen LogP contribution in [0.3, 0.4) is 0 Å². The Kier molecular flexibility index (Phi) is 6.26. The summed E-state index contributed by atoms with van der Waals surface area (Å²) in [4.78, 5) is 10.7. The van der Waals surface area contributed by atoms with Crippen LogP contribution in [0, 0.1) is 0 Å². The molecule has 0 radical (unpaired) electrons. The SMILES string of the molecule is CCCCN(C)c1ncnc(NCCC)c1Br. The Morgan fingerprint density at radius 1 is 1.29 bits per heavy atom. The van der Waals surface area contributed by atoms with Crippen LogP contribution in [0.5, 0.6) is 0 Å². The van der Waals surface area contributed by atoms with Gasteiger partial charge in [-0.15, -0.1) is 0 Å². The highest BCUT2D eigenvalue weighted by Crippen LogP contribution is 2.28. The molecule has 0 amide bonds. The van der Waals surface area contributed by atoms with E-state index in [0.29, 0.717) is 0 Å². The van der Waals surface area contributed by atoms with Gasteiger partial charge in [-0.25, -0.2) is 9.97 Å². The molecule has 17 heavy (non-hydrogen) atoms. The number of nitrogens with zero attached hydrogens (tertiary/aromatic N) is 3. The molecule has 0 aliphatic heterocycles. The lowest BCUT2D eigenvalue weighted by Gasteiger charge is -2.20. The van der Waals surface area contributed by atoms with E-state index in [0.717, 1.165) is 35.6 Å². The standard InChI is InChI=1S/C12H21BrN4/c1-4-6-8-17(3)12-10(13)11(14-7-5-2)15-9-16-12/h9H,4-8H2,1-3H3,(H,14,15,16). The summed E-state index contributed by atoms with van der Waals surface area (Å²) in [6, 6.07) is 0. The van der Waals surface area contributed by atoms with E-state index in [4.69, 9.17) is 0 Å². The van der Waals surface area contributed by atoms with Crippen molar-refractivity contribution < 1.29 is 0 Å². The molecule has 0 atom stereocenters. The van der Waals surface area contributed by atoms with E-state index in [1.165, 1.54) is 12.8 Å². The summed E-state index contributed by atoms with van der Waals surface area (Å²) in [7, 11) is 2.06. The Bertz CT molecular complexity index is 343. The van der Waals surface area contributed by atoms with Crippen molar-refractivity contribution >= 4 is 27.6 Å². The van der Waals surface area contributed by atoms with Crippen molar-refractivity contribution in [1.82, 2.24) is 9.97 Å². The van der Waals surface area contributed by atoms with Crippen molar-refractivity contribution in [2.45, 2.75) is 33.1 Å². The second kappa shape index (κ2) is 7.48. The zero-order chi connectivity index (χ0) is 12.7. The van der Waals surface area contributed by atoms with E-state index in [1.54, 1.807) is 6.33 Å². The van der Waals surface area contributed by atoms with Crippen LogP contribution in [-0.4, -0.2) is 30.1 Å². The Balaban J connectivity index is 2.78. The molecule has 0 unspecified atom stereocenters. The fraction of sp³-hybridized carbons (Fsp3) is 0.667. The summed E-state index contributed by atoms with van der Waals surface area (Å²) >= 11 is 3.57. The van der Waals surface area contributed by atoms with Gasteiger partial charge in [-0.3, -0.25) is 0 Å². The molecule has 0 aliphatic carbocycles. The molecule has 1 rings (SSSR count). The Morgan fingerprint density at radius 2 is 2.06 bits per heavy atom. The van der Waals surface area contributed by atoms with Crippen LogP contribution in [0.4, 0.5) is 11.6 Å². The molecule has 0 aromatic carbocycles. The molecule has 4 nitrogen and oxygen atoms in total. The van der Waals surface area contributed by atoms with Crippen molar-refractivity contribution in [3.05, 3.63) is 10.8 Å². The van der Waals surface area contributed by atoms with Crippen LogP contribution >= 0.6 is 15.9 Å². The maximum absolute atomic E-state index is 4.33. The van der Waals surface area contributed by atoms with E-state index < -0.39 is 0 Å². The molecule has 96 valence electrons. The summed E-state index contributed by atoms with van der Waals surface area (Å²) in [6.07, 6.45) is 5.05. The molecular formula is C12H21BrN4. The summed E-state index contributed by atoms with van der Waals surface area (Å²) in [5.41, 5.74) is 0. The molecule has 0 fully saturated rings. The average Bonchev–Trinajstić information content (AvgIpc) is 2.34. The van der Waals surface area contributed by atoms with Crippen LogP contribution in [0.25, 0.3) is 0 Å². The number of anilines is 2. The number of hydrogen-bond acceptors (Lipinski definition) is 4. The van der Waals surface area contributed by atoms with Gasteiger partial charge in [0.25, 0.3) is 0 Å². The van der Waals surface area contributed by atoms with Gasteiger partial charge in [0.05, 0.1) is 0 Å². The largest absolute Gasteiger partial charge is 0.369 e. The highest BCUT2D eigenvalue weighted by Gasteiger charge is 2.11. The summed E-state index contributed by atoms with van der Waals surface area (Å²) < 4.78 is 0.951. The smallest absolute Gasteiger partial charge is 0.148 e. The molecule has 1 heterocycles. The topological polar surface area (TPSA) is 41.1 Å². The second-order valence-electron chi connectivity index (χ2n) is 4.06. The molecule has 1 aromatic rings. The van der Waals surface area contributed by atoms with E-state index in [9.17, 15) is 0 Å². The van der Waals surface area contributed by atoms with Gasteiger partial charge in [0.15, 0.2) is 0 Å². The first-order valence-electron chi connectivity index (χ1n) is 6.16. The normalized spacial score (nSPS) is 10.4. The van der Waals surface area contributed by atoms with E-state index in [1.807, 2.05) is 0 Å². The Morgan fingerprint density at radius 3 is 2.71 bits per heavy atom. The predicted molar refractivity (Wildman–Crippen MR) is 76.7 cm³/mol. The number of hydrogen-bond donors (Lipinski definition) is 1. The predicted octanol–water partition coefficient (Wildman–Crippen LogP) is 3.30. The third kappa shape index (κ3) is 4.15. The quantitative estimate of drug-likeness (QED) is 0.839. The van der Waals surface area contributed by atoms with Gasteiger partial charge in [0.1, 0.15) is 22.4 Å². The van der Waals surface area contributed by atoms with Crippen molar-refractivity contribution in [2.24, 2.45) is 0 Å². The lowest BCUT2D eigenvalue weighted by molar-refractivity contribution is 0.757. The summed E-state index contributed by atoms with van der Waals surface area (Å²) in [5.74, 6) is 1.83. The Hall–Kier alpha value is -0.840. The molecular weight excluding hydrogens is 280 g/mol. The van der Waals surface area contributed by atoms with E-state index in [2.05, 4.69) is 57.0 Å². The molecule has 1 N–H and O–H groups in total. The van der Waals surface area contributed by atoms with Crippen molar-refractivity contribution in [2.75, 3.05) is 30.4 Å². The maximum Gasteiger partial charge on any atom is 0.148 e. The minimum atomic E-state index is 0.875. The fourth-order valence-electron chi connectivity index (χ4n) is 1.49. The van der Waals surface area contributed by atoms with E-state index in [-0.39, 0.29) is 0 Å². The van der Waals surface area contributed by atoms with Crippen LogP contribution in [0.1, 0.15) is 33.1 Å². The lowest BCUT2D eigenvalue weighted by Crippen LogP contribution is -2.20. The summed E-state index contributed by atoms with van der Waals surface area (Å²) in [5, 5.41) is 3.29. The number of unbranched alkanes of at least 4 members (excludes halogenated alkanes) is 1. The molecule has 0 bridgehead atoms. The number of nitrogens with one attached hydrogen (secondary N) is 1. The van der Waals surface area contributed by atoms with Crippen molar-refractivity contribution in [3.8, 4) is 0 Å². The van der Waals surface area contributed by atoms with Gasteiger partial charge in [-0.2, -0.15) is 0 Å². The molecule has 0 saturated heterocycles. The van der Waals surface area contributed by atoms with Gasteiger partial charge in [-0.05, 0) is 28.8 Å². The average molecular weight is 301 g/mol. The first kappa shape index (κ1) is 14.2. The van der Waals surface area contributed by atoms with Gasteiger partial charge in [0.2, 0.25) is 0 Å². The number of halogens is 1. The van der Waals surface area contributed by atoms with Crippen LogP contribution in [-0.2, 0) is 0 Å². The first-order valence-corrected chi connectivity index (χ1v) is 6.95. The molecule has 0 spiro atoms. The maximum atomic E-state index is 4.33. The Labute approximate surface area is 112 Å². The minimum Gasteiger partial charge on any atom is -0.369 e. The molecule has 1 aromatic heterocycles. The summed E-state index contributed by atoms with van der Waals surface area (Å²) in [6.45, 7) is 6.26. The highest BCUT2D eigenvalue weighted by atomic mass is 79.9. The van der Waals surface area contributed by atoms with Crippen molar-refractivity contribution in [1.29, 1.82) is 0 Å². The molecule has 0 aliphatic rings. The highest BCUT2D eigenvalue weighted by molar-refractivity contribution is 9.10. The third-order valence-corrected chi connectivity index (χ3v) is 3.25. The second-order valence-corrected chi connectivity index (χ2v) is 4.85. The van der Waals surface area contributed by atoms with E-state index >= 15 is 0 Å². The lowest BCUT2D eigenvalue weighted by atomic mass is 10.3. The third-order valence-electron chi connectivity index (χ3n) is 2.52. The van der Waals surface area contributed by atoms with Gasteiger partial charge in [0, 0.05) is 20.1 Å². The molecule has 5 heteroatoms. The monoisotopic (exact) mass is 300 g/mol. The zero-order valence-corrected chi connectivity index (χ0v) is 12.4. The van der Waals surface area contributed by atoms with Gasteiger partial charge < -0.3 is 10.2 Å². The zero-order valence-electron chi connectivity index (χ0n) is 10.8. The number of aromatic nitrogens is 2. The van der Waals surface area contributed by atoms with Gasteiger partial charge >= 0.3 is 0 Å². The van der Waals surface area contributed by atoms with Crippen LogP contribution in [0.15, 0.2) is 10.8 Å². The number of rotatable bonds is 7. The van der Waals surface area contributed by atoms with Crippen molar-refractivity contribution in [3.63, 3.8) is 0 Å². The fourth-order valence-corrected chi connectivity index (χ4v) is 2.14. The minimum absolute atomic E-state index is 0.875. The molecule has 0 saturated carbocycles. The first-order chi connectivity index (χ1) is 8.20.